The Hall–Kier alpha value is -4.02. The highest BCUT2D eigenvalue weighted by atomic mass is 16.3. The number of nitrogens with zero attached hydrogens (tertiary/aromatic N) is 8. The van der Waals surface area contributed by atoms with Crippen molar-refractivity contribution < 1.29 is 19.3 Å². The lowest BCUT2D eigenvalue weighted by atomic mass is 10.2. The van der Waals surface area contributed by atoms with Gasteiger partial charge in [-0.25, -0.2) is 13.8 Å². The summed E-state index contributed by atoms with van der Waals surface area (Å²) in [6, 6.07) is 19.6. The van der Waals surface area contributed by atoms with Crippen LogP contribution < -0.4 is 14.0 Å². The Morgan fingerprint density at radius 3 is 1.90 bits per heavy atom. The maximum Gasteiger partial charge on any atom is 0.287 e. The van der Waals surface area contributed by atoms with Gasteiger partial charge in [0.2, 0.25) is 0 Å². The van der Waals surface area contributed by atoms with Gasteiger partial charge in [-0.05, 0) is 44.5 Å². The molecule has 10 nitrogen and oxygen atoms in total. The van der Waals surface area contributed by atoms with Gasteiger partial charge in [-0.1, -0.05) is 19.1 Å². The molecular formula is C29H40N8O2+2. The molecule has 0 aliphatic rings. The van der Waals surface area contributed by atoms with Gasteiger partial charge in [0.25, 0.3) is 5.95 Å². The number of rotatable bonds is 12. The van der Waals surface area contributed by atoms with Crippen LogP contribution in [0, 0.1) is 0 Å². The smallest absolute Gasteiger partial charge is 0.287 e. The SMILES string of the molecule is CCC(O)C[n+]1ccccc1.CCN(CC)c1ccc(N=Nc2ncn(CC(O)C[n+]3ccccc3)n2)cc1. The number of aliphatic hydroxyl groups is 2. The lowest BCUT2D eigenvalue weighted by Gasteiger charge is -2.20. The second kappa shape index (κ2) is 16.1. The zero-order valence-corrected chi connectivity index (χ0v) is 23.0. The Labute approximate surface area is 230 Å². The molecule has 0 fully saturated rings. The van der Waals surface area contributed by atoms with Gasteiger partial charge in [0.1, 0.15) is 18.5 Å². The summed E-state index contributed by atoms with van der Waals surface area (Å²) < 4.78 is 5.48. The second-order valence-corrected chi connectivity index (χ2v) is 9.02. The molecule has 3 aromatic heterocycles. The van der Waals surface area contributed by atoms with Crippen LogP contribution in [-0.2, 0) is 19.6 Å². The first-order chi connectivity index (χ1) is 19.0. The fourth-order valence-electron chi connectivity index (χ4n) is 3.84. The topological polar surface area (TPSA) is 107 Å². The van der Waals surface area contributed by atoms with E-state index in [-0.39, 0.29) is 12.1 Å². The van der Waals surface area contributed by atoms with Crippen molar-refractivity contribution in [3.63, 3.8) is 0 Å². The van der Waals surface area contributed by atoms with Crippen molar-refractivity contribution in [3.05, 3.63) is 91.8 Å². The van der Waals surface area contributed by atoms with Crippen LogP contribution in [0.4, 0.5) is 17.3 Å². The monoisotopic (exact) mass is 532 g/mol. The standard InChI is InChI=1S/C20H26N7O.C9H14NO/c1-3-26(4-2)18-10-8-17(9-11-18)22-23-20-21-16-27(24-20)15-19(28)14-25-12-6-5-7-13-25;1-2-9(11)8-10-6-4-3-5-7-10/h5-13,16,19,28H,3-4,14-15H2,1-2H3;3-7,9,11H,2,8H2,1H3/q2*+1. The minimum Gasteiger partial charge on any atom is -0.387 e. The van der Waals surface area contributed by atoms with E-state index >= 15 is 0 Å². The first-order valence-corrected chi connectivity index (χ1v) is 13.4. The average molecular weight is 533 g/mol. The van der Waals surface area contributed by atoms with Crippen molar-refractivity contribution >= 4 is 17.3 Å². The molecule has 2 atom stereocenters. The third kappa shape index (κ3) is 10.3. The van der Waals surface area contributed by atoms with Crippen LogP contribution in [0.1, 0.15) is 27.2 Å². The van der Waals surface area contributed by atoms with E-state index < -0.39 is 6.10 Å². The number of hydrogen-bond donors (Lipinski definition) is 2. The fraction of sp³-hybridized carbons (Fsp3) is 0.379. The van der Waals surface area contributed by atoms with Gasteiger partial charge in [-0.2, -0.15) is 4.98 Å². The molecule has 206 valence electrons. The number of aromatic nitrogens is 5. The maximum atomic E-state index is 10.2. The van der Waals surface area contributed by atoms with Crippen LogP contribution in [0.3, 0.4) is 0 Å². The third-order valence-corrected chi connectivity index (χ3v) is 6.02. The number of hydrogen-bond acceptors (Lipinski definition) is 7. The van der Waals surface area contributed by atoms with Gasteiger partial charge < -0.3 is 15.1 Å². The minimum atomic E-state index is -0.577. The molecule has 0 amide bonds. The summed E-state index contributed by atoms with van der Waals surface area (Å²) in [6.45, 7) is 9.69. The first kappa shape index (κ1) is 29.5. The Balaban J connectivity index is 0.000000320. The lowest BCUT2D eigenvalue weighted by Crippen LogP contribution is -2.40. The summed E-state index contributed by atoms with van der Waals surface area (Å²) in [4.78, 5) is 6.40. The van der Waals surface area contributed by atoms with E-state index in [0.29, 0.717) is 19.6 Å². The Bertz CT molecular complexity index is 1230. The van der Waals surface area contributed by atoms with E-state index in [0.717, 1.165) is 30.9 Å². The van der Waals surface area contributed by atoms with Gasteiger partial charge in [0.15, 0.2) is 37.9 Å². The van der Waals surface area contributed by atoms with Gasteiger partial charge in [-0.3, -0.25) is 0 Å². The molecule has 39 heavy (non-hydrogen) atoms. The van der Waals surface area contributed by atoms with Crippen molar-refractivity contribution in [2.24, 2.45) is 10.2 Å². The summed E-state index contributed by atoms with van der Waals surface area (Å²) in [5.74, 6) is 0.271. The number of anilines is 1. The highest BCUT2D eigenvalue weighted by Gasteiger charge is 2.12. The second-order valence-electron chi connectivity index (χ2n) is 9.02. The van der Waals surface area contributed by atoms with Crippen LogP contribution >= 0.6 is 0 Å². The van der Waals surface area contributed by atoms with E-state index in [1.165, 1.54) is 0 Å². The number of aliphatic hydroxyl groups excluding tert-OH is 2. The molecule has 0 aliphatic carbocycles. The van der Waals surface area contributed by atoms with E-state index in [2.05, 4.69) is 39.1 Å². The lowest BCUT2D eigenvalue weighted by molar-refractivity contribution is -0.703. The molecule has 1 aromatic carbocycles. The Kier molecular flexibility index (Phi) is 12.2. The van der Waals surface area contributed by atoms with E-state index in [9.17, 15) is 10.2 Å². The van der Waals surface area contributed by atoms with Crippen molar-refractivity contribution in [1.82, 2.24) is 14.8 Å². The molecule has 0 spiro atoms. The molecule has 2 unspecified atom stereocenters. The molecule has 0 aliphatic heterocycles. The van der Waals surface area contributed by atoms with E-state index in [1.54, 1.807) is 11.0 Å². The molecular weight excluding hydrogens is 492 g/mol. The largest absolute Gasteiger partial charge is 0.387 e. The van der Waals surface area contributed by atoms with Crippen LogP contribution in [0.5, 0.6) is 0 Å². The third-order valence-electron chi connectivity index (χ3n) is 6.02. The molecule has 0 bridgehead atoms. The average Bonchev–Trinajstić information content (AvgIpc) is 3.41. The van der Waals surface area contributed by atoms with Crippen molar-refractivity contribution in [3.8, 4) is 0 Å². The predicted molar refractivity (Wildman–Crippen MR) is 150 cm³/mol. The molecule has 3 heterocycles. The van der Waals surface area contributed by atoms with Crippen molar-refractivity contribution in [2.45, 2.75) is 59.0 Å². The van der Waals surface area contributed by atoms with E-state index in [4.69, 9.17) is 0 Å². The van der Waals surface area contributed by atoms with Crippen LogP contribution in [0.15, 0.2) is 102 Å². The number of pyridine rings is 2. The first-order valence-electron chi connectivity index (χ1n) is 13.4. The summed E-state index contributed by atoms with van der Waals surface area (Å²) >= 11 is 0. The normalized spacial score (nSPS) is 12.5. The molecule has 0 radical (unpaired) electrons. The summed E-state index contributed by atoms with van der Waals surface area (Å²) in [5, 5.41) is 32.0. The van der Waals surface area contributed by atoms with Crippen LogP contribution in [0.25, 0.3) is 0 Å². The van der Waals surface area contributed by atoms with Crippen LogP contribution in [-0.4, -0.2) is 50.3 Å². The number of benzene rings is 1. The molecule has 10 heteroatoms. The molecule has 4 aromatic rings. The minimum absolute atomic E-state index is 0.220. The fourth-order valence-corrected chi connectivity index (χ4v) is 3.84. The predicted octanol–water partition coefficient (Wildman–Crippen LogP) is 3.63. The van der Waals surface area contributed by atoms with Gasteiger partial charge >= 0.3 is 0 Å². The summed E-state index contributed by atoms with van der Waals surface area (Å²) in [6.07, 6.45) is 9.30. The van der Waals surface area contributed by atoms with E-state index in [1.807, 2.05) is 102 Å². The zero-order chi connectivity index (χ0) is 27.9. The Morgan fingerprint density at radius 1 is 0.795 bits per heavy atom. The molecule has 0 saturated carbocycles. The highest BCUT2D eigenvalue weighted by Crippen LogP contribution is 2.21. The Morgan fingerprint density at radius 2 is 1.36 bits per heavy atom. The van der Waals surface area contributed by atoms with Crippen molar-refractivity contribution in [1.29, 1.82) is 0 Å². The number of azo groups is 1. The molecule has 2 N–H and O–H groups in total. The summed E-state index contributed by atoms with van der Waals surface area (Å²) in [7, 11) is 0. The van der Waals surface area contributed by atoms with Gasteiger partial charge in [-0.15, -0.1) is 15.3 Å². The van der Waals surface area contributed by atoms with Crippen molar-refractivity contribution in [2.75, 3.05) is 18.0 Å². The summed E-state index contributed by atoms with van der Waals surface area (Å²) in [5.41, 5.74) is 1.91. The molecule has 4 rings (SSSR count). The molecule has 0 saturated heterocycles. The van der Waals surface area contributed by atoms with Gasteiger partial charge in [0, 0.05) is 43.0 Å². The van der Waals surface area contributed by atoms with Crippen LogP contribution in [0.2, 0.25) is 0 Å². The highest BCUT2D eigenvalue weighted by molar-refractivity contribution is 5.52. The quantitative estimate of drug-likeness (QED) is 0.214. The zero-order valence-electron chi connectivity index (χ0n) is 23.0. The maximum absolute atomic E-state index is 10.2. The van der Waals surface area contributed by atoms with Gasteiger partial charge in [0.05, 0.1) is 12.2 Å².